The Bertz CT molecular complexity index is 474. The molecule has 0 atom stereocenters. The first kappa shape index (κ1) is 11.4. The highest BCUT2D eigenvalue weighted by Crippen LogP contribution is 2.05. The first-order valence-corrected chi connectivity index (χ1v) is 5.65. The third kappa shape index (κ3) is 2.93. The van der Waals surface area contributed by atoms with Crippen molar-refractivity contribution in [2.75, 3.05) is 0 Å². The summed E-state index contributed by atoms with van der Waals surface area (Å²) in [7, 11) is 0. The smallest absolute Gasteiger partial charge is 0.269 e. The molecule has 1 heterocycles. The maximum absolute atomic E-state index is 11.6. The zero-order valence-electron chi connectivity index (χ0n) is 9.73. The largest absolute Gasteiger partial charge is 0.347 e. The Morgan fingerprint density at radius 3 is 2.53 bits per heavy atom. The van der Waals surface area contributed by atoms with Crippen LogP contribution in [0.15, 0.2) is 36.5 Å². The Labute approximate surface area is 100 Å². The van der Waals surface area contributed by atoms with Crippen molar-refractivity contribution in [3.05, 3.63) is 53.3 Å². The number of benzene rings is 1. The van der Waals surface area contributed by atoms with Crippen LogP contribution >= 0.6 is 0 Å². The molecule has 0 radical (unpaired) electrons. The van der Waals surface area contributed by atoms with Crippen LogP contribution < -0.4 is 5.32 Å². The van der Waals surface area contributed by atoms with Gasteiger partial charge in [-0.1, -0.05) is 31.2 Å². The Hall–Kier alpha value is -2.10. The highest BCUT2D eigenvalue weighted by Gasteiger charge is 2.05. The maximum atomic E-state index is 11.6. The lowest BCUT2D eigenvalue weighted by molar-refractivity contribution is 0.0946. The molecule has 2 aromatic rings. The zero-order chi connectivity index (χ0) is 12.1. The minimum Gasteiger partial charge on any atom is -0.347 e. The number of carbonyl (C=O) groups is 1. The number of H-pyrrole nitrogens is 1. The Morgan fingerprint density at radius 2 is 1.94 bits per heavy atom. The first-order chi connectivity index (χ1) is 8.29. The van der Waals surface area contributed by atoms with E-state index in [0.29, 0.717) is 12.2 Å². The molecule has 1 aromatic carbocycles. The first-order valence-electron chi connectivity index (χ1n) is 5.65. The van der Waals surface area contributed by atoms with Gasteiger partial charge in [0.15, 0.2) is 0 Å². The van der Waals surface area contributed by atoms with Crippen LogP contribution in [-0.4, -0.2) is 16.1 Å². The summed E-state index contributed by atoms with van der Waals surface area (Å²) in [6.45, 7) is 2.65. The van der Waals surface area contributed by atoms with Gasteiger partial charge in [0.1, 0.15) is 5.69 Å². The van der Waals surface area contributed by atoms with E-state index in [0.717, 1.165) is 12.0 Å². The molecule has 17 heavy (non-hydrogen) atoms. The Kier molecular flexibility index (Phi) is 3.55. The van der Waals surface area contributed by atoms with E-state index in [2.05, 4.69) is 34.6 Å². The number of aromatic amines is 1. The summed E-state index contributed by atoms with van der Waals surface area (Å²) in [5.41, 5.74) is 2.87. The lowest BCUT2D eigenvalue weighted by Crippen LogP contribution is -2.23. The summed E-state index contributed by atoms with van der Waals surface area (Å²) in [4.78, 5) is 11.6. The van der Waals surface area contributed by atoms with E-state index in [-0.39, 0.29) is 5.91 Å². The summed E-state index contributed by atoms with van der Waals surface area (Å²) in [5, 5.41) is 9.19. The van der Waals surface area contributed by atoms with E-state index in [1.807, 2.05) is 12.1 Å². The number of amides is 1. The van der Waals surface area contributed by atoms with Crippen LogP contribution in [0, 0.1) is 0 Å². The summed E-state index contributed by atoms with van der Waals surface area (Å²) in [6.07, 6.45) is 2.59. The molecule has 0 aliphatic rings. The second-order valence-corrected chi connectivity index (χ2v) is 3.82. The van der Waals surface area contributed by atoms with Gasteiger partial charge < -0.3 is 5.32 Å². The fraction of sp³-hybridized carbons (Fsp3) is 0.231. The predicted molar refractivity (Wildman–Crippen MR) is 65.6 cm³/mol. The molecule has 1 aromatic heterocycles. The quantitative estimate of drug-likeness (QED) is 0.841. The van der Waals surface area contributed by atoms with Crippen LogP contribution in [0.5, 0.6) is 0 Å². The molecule has 0 aliphatic carbocycles. The van der Waals surface area contributed by atoms with Crippen LogP contribution in [0.2, 0.25) is 0 Å². The predicted octanol–water partition coefficient (Wildman–Crippen LogP) is 1.90. The van der Waals surface area contributed by atoms with Crippen molar-refractivity contribution in [1.82, 2.24) is 15.5 Å². The van der Waals surface area contributed by atoms with Gasteiger partial charge >= 0.3 is 0 Å². The molecule has 0 bridgehead atoms. The molecule has 2 N–H and O–H groups in total. The number of nitrogens with one attached hydrogen (secondary N) is 2. The van der Waals surface area contributed by atoms with Crippen LogP contribution in [0.25, 0.3) is 0 Å². The molecule has 4 heteroatoms. The van der Waals surface area contributed by atoms with Crippen LogP contribution in [-0.2, 0) is 13.0 Å². The van der Waals surface area contributed by atoms with Gasteiger partial charge in [-0.25, -0.2) is 0 Å². The number of aryl methyl sites for hydroxylation is 1. The Balaban J connectivity index is 1.91. The standard InChI is InChI=1S/C13H15N3O/c1-2-10-3-5-11(6-4-10)9-14-13(17)12-7-8-15-16-12/h3-8H,2,9H2,1H3,(H,14,17)(H,15,16). The molecular formula is C13H15N3O. The highest BCUT2D eigenvalue weighted by molar-refractivity contribution is 5.91. The van der Waals surface area contributed by atoms with E-state index in [1.165, 1.54) is 5.56 Å². The highest BCUT2D eigenvalue weighted by atomic mass is 16.1. The van der Waals surface area contributed by atoms with Crippen molar-refractivity contribution >= 4 is 5.91 Å². The van der Waals surface area contributed by atoms with Crippen molar-refractivity contribution in [3.63, 3.8) is 0 Å². The normalized spacial score (nSPS) is 10.2. The van der Waals surface area contributed by atoms with Gasteiger partial charge in [-0.05, 0) is 23.6 Å². The van der Waals surface area contributed by atoms with Gasteiger partial charge in [0.25, 0.3) is 5.91 Å². The van der Waals surface area contributed by atoms with Gasteiger partial charge in [0.05, 0.1) is 0 Å². The second-order valence-electron chi connectivity index (χ2n) is 3.82. The SMILES string of the molecule is CCc1ccc(CNC(=O)c2ccn[nH]2)cc1. The molecule has 0 spiro atoms. The van der Waals surface area contributed by atoms with Crippen molar-refractivity contribution in [3.8, 4) is 0 Å². The average molecular weight is 229 g/mol. The summed E-state index contributed by atoms with van der Waals surface area (Å²) in [5.74, 6) is -0.137. The number of hydrogen-bond donors (Lipinski definition) is 2. The molecule has 0 aliphatic heterocycles. The van der Waals surface area contributed by atoms with Crippen LogP contribution in [0.3, 0.4) is 0 Å². The lowest BCUT2D eigenvalue weighted by Gasteiger charge is -2.04. The summed E-state index contributed by atoms with van der Waals surface area (Å²) < 4.78 is 0. The Morgan fingerprint density at radius 1 is 1.24 bits per heavy atom. The molecule has 1 amide bonds. The van der Waals surface area contributed by atoms with Crippen molar-refractivity contribution < 1.29 is 4.79 Å². The molecule has 0 saturated carbocycles. The molecule has 88 valence electrons. The van der Waals surface area contributed by atoms with Crippen LogP contribution in [0.4, 0.5) is 0 Å². The number of rotatable bonds is 4. The number of nitrogens with zero attached hydrogens (tertiary/aromatic N) is 1. The molecule has 2 rings (SSSR count). The van der Waals surface area contributed by atoms with Gasteiger partial charge in [-0.15, -0.1) is 0 Å². The topological polar surface area (TPSA) is 57.8 Å². The maximum Gasteiger partial charge on any atom is 0.269 e. The second kappa shape index (κ2) is 5.30. The molecular weight excluding hydrogens is 214 g/mol. The lowest BCUT2D eigenvalue weighted by atomic mass is 10.1. The van der Waals surface area contributed by atoms with Gasteiger partial charge in [-0.2, -0.15) is 5.10 Å². The third-order valence-corrected chi connectivity index (χ3v) is 2.63. The van der Waals surface area contributed by atoms with Crippen molar-refractivity contribution in [2.45, 2.75) is 19.9 Å². The van der Waals surface area contributed by atoms with Crippen LogP contribution in [0.1, 0.15) is 28.5 Å². The zero-order valence-corrected chi connectivity index (χ0v) is 9.73. The fourth-order valence-corrected chi connectivity index (χ4v) is 1.55. The monoisotopic (exact) mass is 229 g/mol. The minimum atomic E-state index is -0.137. The van der Waals surface area contributed by atoms with E-state index in [1.54, 1.807) is 12.3 Å². The fourth-order valence-electron chi connectivity index (χ4n) is 1.55. The number of hydrogen-bond acceptors (Lipinski definition) is 2. The molecule has 0 fully saturated rings. The van der Waals surface area contributed by atoms with Gasteiger partial charge in [0, 0.05) is 12.7 Å². The van der Waals surface area contributed by atoms with Crippen molar-refractivity contribution in [2.24, 2.45) is 0 Å². The van der Waals surface area contributed by atoms with Gasteiger partial charge in [-0.3, -0.25) is 9.89 Å². The van der Waals surface area contributed by atoms with Crippen molar-refractivity contribution in [1.29, 1.82) is 0 Å². The average Bonchev–Trinajstić information content (AvgIpc) is 2.90. The molecule has 0 saturated heterocycles. The molecule has 4 nitrogen and oxygen atoms in total. The van der Waals surface area contributed by atoms with E-state index in [4.69, 9.17) is 0 Å². The van der Waals surface area contributed by atoms with E-state index in [9.17, 15) is 4.79 Å². The molecule has 0 unspecified atom stereocenters. The third-order valence-electron chi connectivity index (χ3n) is 2.63. The summed E-state index contributed by atoms with van der Waals surface area (Å²) in [6, 6.07) is 9.88. The summed E-state index contributed by atoms with van der Waals surface area (Å²) >= 11 is 0. The number of carbonyl (C=O) groups excluding carboxylic acids is 1. The minimum absolute atomic E-state index is 0.137. The van der Waals surface area contributed by atoms with E-state index >= 15 is 0 Å². The number of aromatic nitrogens is 2. The van der Waals surface area contributed by atoms with E-state index < -0.39 is 0 Å². The van der Waals surface area contributed by atoms with Gasteiger partial charge in [0.2, 0.25) is 0 Å².